The van der Waals surface area contributed by atoms with Gasteiger partial charge in [0, 0.05) is 36.5 Å². The molecule has 3 amide bonds. The van der Waals surface area contributed by atoms with Gasteiger partial charge in [-0.05, 0) is 17.5 Å². The van der Waals surface area contributed by atoms with Gasteiger partial charge in [0.2, 0.25) is 17.7 Å². The number of amides is 3. The van der Waals surface area contributed by atoms with Gasteiger partial charge in [-0.25, -0.2) is 0 Å². The molecule has 8 heteroatoms. The number of carbonyl (C=O) groups excluding carboxylic acids is 3. The summed E-state index contributed by atoms with van der Waals surface area (Å²) >= 11 is 1.61. The number of carbonyl (C=O) groups is 3. The summed E-state index contributed by atoms with van der Waals surface area (Å²) in [4.78, 5) is 35.7. The molecule has 0 aromatic carbocycles. The Labute approximate surface area is 136 Å². The van der Waals surface area contributed by atoms with Gasteiger partial charge in [-0.15, -0.1) is 0 Å². The molecule has 2 aromatic rings. The highest BCUT2D eigenvalue weighted by Gasteiger charge is 2.30. The Morgan fingerprint density at radius 2 is 2.04 bits per heavy atom. The van der Waals surface area contributed by atoms with Crippen LogP contribution in [0.4, 0.5) is 0 Å². The third-order valence-corrected chi connectivity index (χ3v) is 4.26. The van der Waals surface area contributed by atoms with Gasteiger partial charge >= 0.3 is 0 Å². The van der Waals surface area contributed by atoms with Crippen molar-refractivity contribution in [3.8, 4) is 11.3 Å². The van der Waals surface area contributed by atoms with Crippen LogP contribution in [0.15, 0.2) is 29.1 Å². The van der Waals surface area contributed by atoms with Crippen molar-refractivity contribution in [1.29, 1.82) is 0 Å². The number of likely N-dealkylation sites (tertiary alicyclic amines) is 1. The zero-order chi connectivity index (χ0) is 16.2. The van der Waals surface area contributed by atoms with E-state index in [9.17, 15) is 14.4 Å². The number of nitrogens with zero attached hydrogens (tertiary/aromatic N) is 3. The van der Waals surface area contributed by atoms with Gasteiger partial charge in [0.25, 0.3) is 0 Å². The molecule has 0 bridgehead atoms. The Bertz CT molecular complexity index is 707. The van der Waals surface area contributed by atoms with Crippen LogP contribution in [0.1, 0.15) is 12.8 Å². The van der Waals surface area contributed by atoms with Crippen LogP contribution in [0, 0.1) is 0 Å². The van der Waals surface area contributed by atoms with E-state index in [1.165, 1.54) is 0 Å². The number of thiophene rings is 1. The average Bonchev–Trinajstić information content (AvgIpc) is 3.25. The van der Waals surface area contributed by atoms with Crippen molar-refractivity contribution in [2.45, 2.75) is 19.4 Å². The zero-order valence-corrected chi connectivity index (χ0v) is 13.2. The lowest BCUT2D eigenvalue weighted by molar-refractivity contribution is -0.142. The summed E-state index contributed by atoms with van der Waals surface area (Å²) in [5, 5.41) is 11.2. The van der Waals surface area contributed by atoms with Crippen LogP contribution >= 0.6 is 11.3 Å². The zero-order valence-electron chi connectivity index (χ0n) is 12.4. The fourth-order valence-electron chi connectivity index (χ4n) is 2.36. The van der Waals surface area contributed by atoms with E-state index in [1.54, 1.807) is 16.0 Å². The monoisotopic (exact) mass is 332 g/mol. The summed E-state index contributed by atoms with van der Waals surface area (Å²) in [6.07, 6.45) is 2.25. The van der Waals surface area contributed by atoms with Crippen LogP contribution in [-0.2, 0) is 20.9 Å². The molecule has 2 aromatic heterocycles. The highest BCUT2D eigenvalue weighted by atomic mass is 32.1. The van der Waals surface area contributed by atoms with Crippen LogP contribution in [0.3, 0.4) is 0 Å². The Balaban J connectivity index is 1.45. The SMILES string of the molecule is O=C(CN1C(=O)CCC1=O)NCCn1ccc(-c2ccsc2)n1. The number of imide groups is 1. The van der Waals surface area contributed by atoms with Crippen molar-refractivity contribution >= 4 is 29.1 Å². The fourth-order valence-corrected chi connectivity index (χ4v) is 3.01. The summed E-state index contributed by atoms with van der Waals surface area (Å²) < 4.78 is 1.75. The number of aromatic nitrogens is 2. The van der Waals surface area contributed by atoms with E-state index in [-0.39, 0.29) is 37.1 Å². The second-order valence-corrected chi connectivity index (χ2v) is 5.98. The van der Waals surface area contributed by atoms with Crippen molar-refractivity contribution in [2.75, 3.05) is 13.1 Å². The Hall–Kier alpha value is -2.48. The molecule has 23 heavy (non-hydrogen) atoms. The topological polar surface area (TPSA) is 84.3 Å². The van der Waals surface area contributed by atoms with Crippen molar-refractivity contribution in [2.24, 2.45) is 0 Å². The second kappa shape index (κ2) is 6.74. The van der Waals surface area contributed by atoms with Crippen molar-refractivity contribution in [3.05, 3.63) is 29.1 Å². The standard InChI is InChI=1S/C15H16N4O3S/c20-13(9-19-14(21)1-2-15(19)22)16-5-7-18-6-3-12(17-18)11-4-8-23-10-11/h3-4,6,8,10H,1-2,5,7,9H2,(H,16,20). The van der Waals surface area contributed by atoms with Gasteiger partial charge in [-0.2, -0.15) is 16.4 Å². The van der Waals surface area contributed by atoms with Gasteiger partial charge in [0.05, 0.1) is 12.2 Å². The molecule has 1 saturated heterocycles. The Morgan fingerprint density at radius 3 is 2.74 bits per heavy atom. The van der Waals surface area contributed by atoms with Gasteiger partial charge in [-0.1, -0.05) is 0 Å². The largest absolute Gasteiger partial charge is 0.353 e. The highest BCUT2D eigenvalue weighted by molar-refractivity contribution is 7.08. The highest BCUT2D eigenvalue weighted by Crippen LogP contribution is 2.19. The molecule has 0 radical (unpaired) electrons. The van der Waals surface area contributed by atoms with E-state index in [2.05, 4.69) is 10.4 Å². The molecule has 0 spiro atoms. The van der Waals surface area contributed by atoms with Crippen LogP contribution in [0.2, 0.25) is 0 Å². The first-order chi connectivity index (χ1) is 11.1. The molecule has 1 N–H and O–H groups in total. The summed E-state index contributed by atoms with van der Waals surface area (Å²) in [5.41, 5.74) is 1.97. The first-order valence-electron chi connectivity index (χ1n) is 7.29. The first-order valence-corrected chi connectivity index (χ1v) is 8.23. The lowest BCUT2D eigenvalue weighted by Crippen LogP contribution is -2.40. The van der Waals surface area contributed by atoms with Crippen LogP contribution in [0.25, 0.3) is 11.3 Å². The van der Waals surface area contributed by atoms with E-state index in [4.69, 9.17) is 0 Å². The molecular formula is C15H16N4O3S. The minimum Gasteiger partial charge on any atom is -0.353 e. The van der Waals surface area contributed by atoms with Crippen molar-refractivity contribution in [1.82, 2.24) is 20.0 Å². The van der Waals surface area contributed by atoms with Crippen molar-refractivity contribution < 1.29 is 14.4 Å². The lowest BCUT2D eigenvalue weighted by atomic mass is 10.2. The van der Waals surface area contributed by atoms with Crippen molar-refractivity contribution in [3.63, 3.8) is 0 Å². The Kier molecular flexibility index (Phi) is 4.52. The maximum absolute atomic E-state index is 11.8. The summed E-state index contributed by atoms with van der Waals surface area (Å²) in [6, 6.07) is 3.93. The van der Waals surface area contributed by atoms with E-state index < -0.39 is 0 Å². The van der Waals surface area contributed by atoms with Crippen LogP contribution < -0.4 is 5.32 Å². The van der Waals surface area contributed by atoms with E-state index in [1.807, 2.05) is 29.1 Å². The maximum Gasteiger partial charge on any atom is 0.240 e. The molecule has 0 aliphatic carbocycles. The molecule has 1 aliphatic rings. The third kappa shape index (κ3) is 3.65. The molecule has 1 fully saturated rings. The summed E-state index contributed by atoms with van der Waals surface area (Å²) in [5.74, 6) is -0.894. The summed E-state index contributed by atoms with van der Waals surface area (Å²) in [6.45, 7) is 0.717. The molecule has 7 nitrogen and oxygen atoms in total. The van der Waals surface area contributed by atoms with Gasteiger partial charge in [0.15, 0.2) is 0 Å². The average molecular weight is 332 g/mol. The smallest absolute Gasteiger partial charge is 0.240 e. The number of hydrogen-bond donors (Lipinski definition) is 1. The molecule has 120 valence electrons. The normalized spacial score (nSPS) is 14.5. The number of hydrogen-bond acceptors (Lipinski definition) is 5. The Morgan fingerprint density at radius 1 is 1.26 bits per heavy atom. The minimum atomic E-state index is -0.334. The lowest BCUT2D eigenvalue weighted by Gasteiger charge is -2.13. The van der Waals surface area contributed by atoms with E-state index >= 15 is 0 Å². The molecule has 3 rings (SSSR count). The summed E-state index contributed by atoms with van der Waals surface area (Å²) in [7, 11) is 0. The maximum atomic E-state index is 11.8. The number of rotatable bonds is 6. The molecule has 0 unspecified atom stereocenters. The van der Waals surface area contributed by atoms with Crippen LogP contribution in [-0.4, -0.2) is 45.5 Å². The number of nitrogens with one attached hydrogen (secondary N) is 1. The van der Waals surface area contributed by atoms with E-state index in [0.717, 1.165) is 16.2 Å². The van der Waals surface area contributed by atoms with Gasteiger partial charge in [-0.3, -0.25) is 24.0 Å². The second-order valence-electron chi connectivity index (χ2n) is 5.20. The molecule has 3 heterocycles. The van der Waals surface area contributed by atoms with Gasteiger partial charge in [0.1, 0.15) is 6.54 Å². The minimum absolute atomic E-state index is 0.197. The predicted molar refractivity (Wildman–Crippen MR) is 84.5 cm³/mol. The molecule has 0 saturated carbocycles. The van der Waals surface area contributed by atoms with Gasteiger partial charge < -0.3 is 5.32 Å². The molecule has 0 atom stereocenters. The fraction of sp³-hybridized carbons (Fsp3) is 0.333. The predicted octanol–water partition coefficient (Wildman–Crippen LogP) is 0.877. The van der Waals surface area contributed by atoms with Crippen LogP contribution in [0.5, 0.6) is 0 Å². The van der Waals surface area contributed by atoms with E-state index in [0.29, 0.717) is 13.1 Å². The quantitative estimate of drug-likeness (QED) is 0.796. The third-order valence-electron chi connectivity index (χ3n) is 3.58. The first kappa shape index (κ1) is 15.4. The molecule has 1 aliphatic heterocycles. The molecular weight excluding hydrogens is 316 g/mol.